The molecule has 8 heteroatoms. The van der Waals surface area contributed by atoms with Crippen LogP contribution >= 0.6 is 11.8 Å². The predicted octanol–water partition coefficient (Wildman–Crippen LogP) is 2.27. The van der Waals surface area contributed by atoms with Crippen LogP contribution in [0.1, 0.15) is 6.92 Å². The molecule has 20 heavy (non-hydrogen) atoms. The minimum atomic E-state index is -0.734. The average molecular weight is 304 g/mol. The molecule has 1 aromatic carbocycles. The van der Waals surface area contributed by atoms with Crippen molar-refractivity contribution in [3.05, 3.63) is 28.1 Å². The zero-order chi connectivity index (χ0) is 15.3. The summed E-state index contributed by atoms with van der Waals surface area (Å²) in [4.78, 5) is 10.1. The van der Waals surface area contributed by atoms with Crippen molar-refractivity contribution >= 4 is 23.1 Å². The summed E-state index contributed by atoms with van der Waals surface area (Å²) in [6.45, 7) is 1.74. The standard InChI is InChI=1S/C12H17FN2O4S/c1-7(12(6-16)20-3)14-9-5-11(19-2)10(15(17)18)4-8(9)13/h4-5,7,12,14,16H,6H2,1-3H3. The van der Waals surface area contributed by atoms with E-state index < -0.39 is 16.4 Å². The highest BCUT2D eigenvalue weighted by Crippen LogP contribution is 2.33. The number of thioether (sulfide) groups is 1. The summed E-state index contributed by atoms with van der Waals surface area (Å²) in [5.74, 6) is -0.752. The third-order valence-electron chi connectivity index (χ3n) is 2.89. The number of hydrogen-bond acceptors (Lipinski definition) is 6. The Bertz CT molecular complexity index is 483. The fourth-order valence-corrected chi connectivity index (χ4v) is 2.36. The highest BCUT2D eigenvalue weighted by Gasteiger charge is 2.22. The van der Waals surface area contributed by atoms with E-state index in [0.717, 1.165) is 6.07 Å². The maximum atomic E-state index is 13.9. The fourth-order valence-electron chi connectivity index (χ4n) is 1.73. The van der Waals surface area contributed by atoms with Crippen molar-refractivity contribution in [2.24, 2.45) is 0 Å². The van der Waals surface area contributed by atoms with Crippen LogP contribution < -0.4 is 10.1 Å². The van der Waals surface area contributed by atoms with Gasteiger partial charge in [-0.2, -0.15) is 11.8 Å². The molecular formula is C12H17FN2O4S. The van der Waals surface area contributed by atoms with Gasteiger partial charge >= 0.3 is 5.69 Å². The Morgan fingerprint density at radius 1 is 1.60 bits per heavy atom. The summed E-state index contributed by atoms with van der Waals surface area (Å²) >= 11 is 1.45. The first-order valence-electron chi connectivity index (χ1n) is 5.86. The van der Waals surface area contributed by atoms with Crippen molar-refractivity contribution in [1.82, 2.24) is 0 Å². The van der Waals surface area contributed by atoms with Crippen LogP contribution in [0.4, 0.5) is 15.8 Å². The van der Waals surface area contributed by atoms with E-state index in [0.29, 0.717) is 0 Å². The molecule has 0 saturated heterocycles. The van der Waals surface area contributed by atoms with Crippen molar-refractivity contribution in [3.63, 3.8) is 0 Å². The second kappa shape index (κ2) is 7.30. The maximum absolute atomic E-state index is 13.9. The van der Waals surface area contributed by atoms with Crippen molar-refractivity contribution in [1.29, 1.82) is 0 Å². The van der Waals surface area contributed by atoms with Crippen LogP contribution in [0.25, 0.3) is 0 Å². The van der Waals surface area contributed by atoms with Crippen molar-refractivity contribution < 1.29 is 19.2 Å². The Labute approximate surface area is 120 Å². The van der Waals surface area contributed by atoms with Gasteiger partial charge < -0.3 is 15.2 Å². The SMILES string of the molecule is COc1cc(NC(C)C(CO)SC)c(F)cc1[N+](=O)[O-]. The van der Waals surface area contributed by atoms with Gasteiger partial charge in [0.25, 0.3) is 0 Å². The van der Waals surface area contributed by atoms with Gasteiger partial charge in [0.1, 0.15) is 0 Å². The molecular weight excluding hydrogens is 287 g/mol. The van der Waals surface area contributed by atoms with Gasteiger partial charge in [0.15, 0.2) is 11.6 Å². The lowest BCUT2D eigenvalue weighted by Gasteiger charge is -2.22. The molecule has 1 rings (SSSR count). The van der Waals surface area contributed by atoms with E-state index in [9.17, 15) is 19.6 Å². The monoisotopic (exact) mass is 304 g/mol. The zero-order valence-corrected chi connectivity index (χ0v) is 12.2. The Hall–Kier alpha value is -1.54. The van der Waals surface area contributed by atoms with E-state index in [-0.39, 0.29) is 29.3 Å². The number of halogens is 1. The minimum absolute atomic E-state index is 0.0178. The Morgan fingerprint density at radius 2 is 2.25 bits per heavy atom. The summed E-state index contributed by atoms with van der Waals surface area (Å²) in [7, 11) is 1.28. The second-order valence-corrected chi connectivity index (χ2v) is 5.23. The number of nitro groups is 1. The number of anilines is 1. The van der Waals surface area contributed by atoms with Gasteiger partial charge in [-0.25, -0.2) is 4.39 Å². The Kier molecular flexibility index (Phi) is 6.03. The van der Waals surface area contributed by atoms with Gasteiger partial charge in [-0.3, -0.25) is 10.1 Å². The van der Waals surface area contributed by atoms with Gasteiger partial charge in [-0.15, -0.1) is 0 Å². The van der Waals surface area contributed by atoms with E-state index in [4.69, 9.17) is 4.74 Å². The summed E-state index contributed by atoms with van der Waals surface area (Å²) in [5.41, 5.74) is -0.320. The maximum Gasteiger partial charge on any atom is 0.313 e. The largest absolute Gasteiger partial charge is 0.490 e. The number of nitro benzene ring substituents is 1. The van der Waals surface area contributed by atoms with Crippen molar-refractivity contribution in [2.75, 3.05) is 25.3 Å². The van der Waals surface area contributed by atoms with E-state index >= 15 is 0 Å². The molecule has 0 heterocycles. The first-order valence-corrected chi connectivity index (χ1v) is 7.15. The van der Waals surface area contributed by atoms with Crippen molar-refractivity contribution in [2.45, 2.75) is 18.2 Å². The number of rotatable bonds is 7. The number of ether oxygens (including phenoxy) is 1. The number of methoxy groups -OCH3 is 1. The zero-order valence-electron chi connectivity index (χ0n) is 11.4. The number of aliphatic hydroxyl groups is 1. The number of nitrogens with zero attached hydrogens (tertiary/aromatic N) is 1. The van der Waals surface area contributed by atoms with E-state index in [2.05, 4.69) is 5.32 Å². The lowest BCUT2D eigenvalue weighted by Crippen LogP contribution is -2.31. The van der Waals surface area contributed by atoms with Crippen molar-refractivity contribution in [3.8, 4) is 5.75 Å². The quantitative estimate of drug-likeness (QED) is 0.594. The van der Waals surface area contributed by atoms with Gasteiger partial charge in [0.05, 0.1) is 30.4 Å². The van der Waals surface area contributed by atoms with Crippen LogP contribution in [-0.2, 0) is 0 Å². The first kappa shape index (κ1) is 16.5. The third kappa shape index (κ3) is 3.73. The van der Waals surface area contributed by atoms with Crippen LogP contribution in [0, 0.1) is 15.9 Å². The van der Waals surface area contributed by atoms with E-state index in [1.807, 2.05) is 6.26 Å². The van der Waals surface area contributed by atoms with Crippen LogP contribution in [0.3, 0.4) is 0 Å². The number of hydrogen-bond donors (Lipinski definition) is 2. The molecule has 2 unspecified atom stereocenters. The number of nitrogens with one attached hydrogen (secondary N) is 1. The molecule has 0 aromatic heterocycles. The van der Waals surface area contributed by atoms with E-state index in [1.54, 1.807) is 6.92 Å². The third-order valence-corrected chi connectivity index (χ3v) is 4.05. The Balaban J connectivity index is 3.04. The molecule has 0 aliphatic rings. The number of aliphatic hydroxyl groups excluding tert-OH is 1. The molecule has 0 bridgehead atoms. The summed E-state index contributed by atoms with van der Waals surface area (Å²) < 4.78 is 18.8. The molecule has 2 N–H and O–H groups in total. The lowest BCUT2D eigenvalue weighted by molar-refractivity contribution is -0.385. The molecule has 0 radical (unpaired) electrons. The molecule has 6 nitrogen and oxygen atoms in total. The smallest absolute Gasteiger partial charge is 0.313 e. The predicted molar refractivity (Wildman–Crippen MR) is 77.1 cm³/mol. The Morgan fingerprint density at radius 3 is 2.70 bits per heavy atom. The van der Waals surface area contributed by atoms with Gasteiger partial charge in [0, 0.05) is 17.4 Å². The van der Waals surface area contributed by atoms with Crippen LogP contribution in [0.5, 0.6) is 5.75 Å². The molecule has 0 amide bonds. The van der Waals surface area contributed by atoms with E-state index in [1.165, 1.54) is 24.9 Å². The molecule has 0 aliphatic carbocycles. The first-order chi connectivity index (χ1) is 9.44. The highest BCUT2D eigenvalue weighted by molar-refractivity contribution is 7.99. The molecule has 2 atom stereocenters. The highest BCUT2D eigenvalue weighted by atomic mass is 32.2. The summed E-state index contributed by atoms with van der Waals surface area (Å²) in [6, 6.07) is 1.86. The van der Waals surface area contributed by atoms with Gasteiger partial charge in [0.2, 0.25) is 0 Å². The molecule has 0 spiro atoms. The normalized spacial score (nSPS) is 13.7. The molecule has 0 saturated carbocycles. The van der Waals surface area contributed by atoms with Crippen LogP contribution in [0.2, 0.25) is 0 Å². The van der Waals surface area contributed by atoms with Crippen LogP contribution in [-0.4, -0.2) is 41.3 Å². The fraction of sp³-hybridized carbons (Fsp3) is 0.500. The average Bonchev–Trinajstić information content (AvgIpc) is 2.41. The molecule has 0 fully saturated rings. The molecule has 112 valence electrons. The number of benzene rings is 1. The minimum Gasteiger partial charge on any atom is -0.490 e. The lowest BCUT2D eigenvalue weighted by atomic mass is 10.2. The topological polar surface area (TPSA) is 84.6 Å². The summed E-state index contributed by atoms with van der Waals surface area (Å²) in [5, 5.41) is 22.7. The summed E-state index contributed by atoms with van der Waals surface area (Å²) in [6.07, 6.45) is 1.84. The molecule has 0 aliphatic heterocycles. The van der Waals surface area contributed by atoms with Crippen LogP contribution in [0.15, 0.2) is 12.1 Å². The molecule has 1 aromatic rings. The second-order valence-electron chi connectivity index (χ2n) is 4.15. The van der Waals surface area contributed by atoms with Gasteiger partial charge in [-0.1, -0.05) is 0 Å². The van der Waals surface area contributed by atoms with Gasteiger partial charge in [-0.05, 0) is 13.2 Å².